The molecule has 0 radical (unpaired) electrons. The predicted octanol–water partition coefficient (Wildman–Crippen LogP) is 3.01. The molecule has 0 aromatic carbocycles. The second-order valence-electron chi connectivity index (χ2n) is 5.17. The van der Waals surface area contributed by atoms with Gasteiger partial charge in [-0.1, -0.05) is 0 Å². The Kier molecular flexibility index (Phi) is 3.15. The zero-order valence-corrected chi connectivity index (χ0v) is 11.0. The third-order valence-electron chi connectivity index (χ3n) is 3.67. The molecule has 4 nitrogen and oxygen atoms in total. The molecule has 0 aliphatic heterocycles. The summed E-state index contributed by atoms with van der Waals surface area (Å²) in [6.07, 6.45) is 6.94. The number of hydrogen-bond donors (Lipinski definition) is 1. The minimum atomic E-state index is 0.329. The number of rotatable bonds is 2. The van der Waals surface area contributed by atoms with Crippen LogP contribution in [0.3, 0.4) is 0 Å². The molecule has 1 saturated carbocycles. The van der Waals surface area contributed by atoms with E-state index < -0.39 is 0 Å². The van der Waals surface area contributed by atoms with E-state index in [1.807, 2.05) is 31.5 Å². The van der Waals surface area contributed by atoms with Crippen molar-refractivity contribution in [3.05, 3.63) is 36.0 Å². The molecule has 0 saturated heterocycles. The van der Waals surface area contributed by atoms with Gasteiger partial charge in [-0.3, -0.25) is 4.79 Å². The average molecular weight is 255 g/mol. The Morgan fingerprint density at radius 2 is 2.05 bits per heavy atom. The summed E-state index contributed by atoms with van der Waals surface area (Å²) < 4.78 is 0. The number of Topliss-reactive ketones (excluding diaryl/α,β-unsaturated/α-hetero) is 1. The number of aromatic amines is 1. The van der Waals surface area contributed by atoms with Gasteiger partial charge in [-0.15, -0.1) is 0 Å². The van der Waals surface area contributed by atoms with Gasteiger partial charge in [0, 0.05) is 42.4 Å². The number of H-pyrrole nitrogens is 1. The normalized spacial score (nSPS) is 16.8. The lowest BCUT2D eigenvalue weighted by Gasteiger charge is -2.20. The Balaban J connectivity index is 1.92. The third kappa shape index (κ3) is 2.57. The maximum Gasteiger partial charge on any atom is 0.132 e. The lowest BCUT2D eigenvalue weighted by Crippen LogP contribution is -2.15. The Bertz CT molecular complexity index is 579. The fourth-order valence-electron chi connectivity index (χ4n) is 2.60. The lowest BCUT2D eigenvalue weighted by molar-refractivity contribution is -0.120. The minimum Gasteiger partial charge on any atom is -0.367 e. The lowest BCUT2D eigenvalue weighted by atomic mass is 9.88. The van der Waals surface area contributed by atoms with Crippen molar-refractivity contribution in [2.45, 2.75) is 38.5 Å². The molecular weight excluding hydrogens is 238 g/mol. The topological polar surface area (TPSA) is 58.6 Å². The van der Waals surface area contributed by atoms with Crippen LogP contribution < -0.4 is 0 Å². The summed E-state index contributed by atoms with van der Waals surface area (Å²) in [6.45, 7) is 2.00. The molecule has 4 heteroatoms. The molecular formula is C15H17N3O. The summed E-state index contributed by atoms with van der Waals surface area (Å²) in [4.78, 5) is 23.6. The van der Waals surface area contributed by atoms with Crippen LogP contribution in [-0.4, -0.2) is 20.7 Å². The highest BCUT2D eigenvalue weighted by molar-refractivity contribution is 5.79. The maximum atomic E-state index is 11.3. The molecule has 3 rings (SSSR count). The van der Waals surface area contributed by atoms with Crippen molar-refractivity contribution in [1.82, 2.24) is 15.0 Å². The van der Waals surface area contributed by atoms with Crippen molar-refractivity contribution in [1.29, 1.82) is 0 Å². The van der Waals surface area contributed by atoms with E-state index in [-0.39, 0.29) is 0 Å². The molecule has 0 spiro atoms. The molecule has 1 aliphatic carbocycles. The fraction of sp³-hybridized carbons (Fsp3) is 0.400. The Morgan fingerprint density at radius 1 is 1.26 bits per heavy atom. The molecule has 0 amide bonds. The van der Waals surface area contributed by atoms with Crippen LogP contribution in [0.4, 0.5) is 0 Å². The largest absolute Gasteiger partial charge is 0.367 e. The van der Waals surface area contributed by atoms with Crippen LogP contribution in [0, 0.1) is 6.92 Å². The zero-order valence-electron chi connectivity index (χ0n) is 11.0. The van der Waals surface area contributed by atoms with E-state index in [1.54, 1.807) is 0 Å². The van der Waals surface area contributed by atoms with Gasteiger partial charge in [0.2, 0.25) is 0 Å². The van der Waals surface area contributed by atoms with E-state index in [4.69, 9.17) is 0 Å². The molecule has 19 heavy (non-hydrogen) atoms. The quantitative estimate of drug-likeness (QED) is 0.897. The molecule has 2 aromatic heterocycles. The highest BCUT2D eigenvalue weighted by atomic mass is 16.1. The Morgan fingerprint density at radius 3 is 2.74 bits per heavy atom. The first-order valence-electron chi connectivity index (χ1n) is 6.73. The number of hydrogen-bond acceptors (Lipinski definition) is 3. The summed E-state index contributed by atoms with van der Waals surface area (Å²) >= 11 is 0. The first kappa shape index (κ1) is 12.1. The number of ketones is 1. The van der Waals surface area contributed by atoms with Crippen molar-refractivity contribution in [3.8, 4) is 11.3 Å². The van der Waals surface area contributed by atoms with Crippen LogP contribution in [0.25, 0.3) is 11.3 Å². The van der Waals surface area contributed by atoms with Gasteiger partial charge in [0.25, 0.3) is 0 Å². The van der Waals surface area contributed by atoms with Crippen molar-refractivity contribution in [2.24, 2.45) is 0 Å². The number of aromatic nitrogens is 3. The van der Waals surface area contributed by atoms with E-state index >= 15 is 0 Å². The molecule has 2 aromatic rings. The van der Waals surface area contributed by atoms with E-state index in [0.29, 0.717) is 24.5 Å². The molecule has 0 unspecified atom stereocenters. The van der Waals surface area contributed by atoms with Gasteiger partial charge in [0.1, 0.15) is 11.6 Å². The van der Waals surface area contributed by atoms with Crippen molar-refractivity contribution < 1.29 is 4.79 Å². The molecule has 1 N–H and O–H groups in total. The zero-order chi connectivity index (χ0) is 13.2. The Hall–Kier alpha value is -1.97. The van der Waals surface area contributed by atoms with Gasteiger partial charge in [-0.2, -0.15) is 0 Å². The van der Waals surface area contributed by atoms with Gasteiger partial charge in [-0.05, 0) is 31.9 Å². The van der Waals surface area contributed by atoms with Crippen LogP contribution in [-0.2, 0) is 4.79 Å². The SMILES string of the molecule is Cc1cc(-c2cc[nH]c2)nc(C2CCC(=O)CC2)n1. The number of nitrogens with one attached hydrogen (secondary N) is 1. The maximum absolute atomic E-state index is 11.3. The van der Waals surface area contributed by atoms with Crippen molar-refractivity contribution in [2.75, 3.05) is 0 Å². The molecule has 98 valence electrons. The molecule has 1 fully saturated rings. The van der Waals surface area contributed by atoms with Gasteiger partial charge in [0.15, 0.2) is 0 Å². The number of carbonyl (C=O) groups excluding carboxylic acids is 1. The van der Waals surface area contributed by atoms with E-state index in [2.05, 4.69) is 15.0 Å². The van der Waals surface area contributed by atoms with Crippen LogP contribution in [0.15, 0.2) is 24.5 Å². The second kappa shape index (κ2) is 4.96. The summed E-state index contributed by atoms with van der Waals surface area (Å²) in [7, 11) is 0. The van der Waals surface area contributed by atoms with Crippen LogP contribution in [0.5, 0.6) is 0 Å². The number of nitrogens with zero attached hydrogens (tertiary/aromatic N) is 2. The molecule has 0 atom stereocenters. The van der Waals surface area contributed by atoms with Gasteiger partial charge in [0.05, 0.1) is 5.69 Å². The van der Waals surface area contributed by atoms with Crippen molar-refractivity contribution >= 4 is 5.78 Å². The highest BCUT2D eigenvalue weighted by Crippen LogP contribution is 2.30. The fourth-order valence-corrected chi connectivity index (χ4v) is 2.60. The summed E-state index contributed by atoms with van der Waals surface area (Å²) in [6, 6.07) is 4.01. The summed E-state index contributed by atoms with van der Waals surface area (Å²) in [5, 5.41) is 0. The van der Waals surface area contributed by atoms with E-state index in [0.717, 1.165) is 35.6 Å². The van der Waals surface area contributed by atoms with E-state index in [9.17, 15) is 4.79 Å². The smallest absolute Gasteiger partial charge is 0.132 e. The molecule has 2 heterocycles. The highest BCUT2D eigenvalue weighted by Gasteiger charge is 2.23. The van der Waals surface area contributed by atoms with Gasteiger partial charge < -0.3 is 4.98 Å². The van der Waals surface area contributed by atoms with E-state index in [1.165, 1.54) is 0 Å². The third-order valence-corrected chi connectivity index (χ3v) is 3.67. The van der Waals surface area contributed by atoms with Gasteiger partial charge >= 0.3 is 0 Å². The minimum absolute atomic E-state index is 0.329. The molecule has 0 bridgehead atoms. The summed E-state index contributed by atoms with van der Waals surface area (Å²) in [5.41, 5.74) is 3.03. The van der Waals surface area contributed by atoms with Crippen LogP contribution in [0.1, 0.15) is 43.1 Å². The second-order valence-corrected chi connectivity index (χ2v) is 5.17. The van der Waals surface area contributed by atoms with Crippen molar-refractivity contribution in [3.63, 3.8) is 0 Å². The van der Waals surface area contributed by atoms with Crippen LogP contribution >= 0.6 is 0 Å². The average Bonchev–Trinajstić information content (AvgIpc) is 2.93. The number of aryl methyl sites for hydroxylation is 1. The first-order chi connectivity index (χ1) is 9.22. The standard InChI is InChI=1S/C15H17N3O/c1-10-8-14(12-6-7-16-9-12)18-15(17-10)11-2-4-13(19)5-3-11/h6-9,11,16H,2-5H2,1H3. The molecule has 1 aliphatic rings. The van der Waals surface area contributed by atoms with Gasteiger partial charge in [-0.25, -0.2) is 9.97 Å². The number of carbonyl (C=O) groups is 1. The first-order valence-corrected chi connectivity index (χ1v) is 6.73. The monoisotopic (exact) mass is 255 g/mol. The predicted molar refractivity (Wildman–Crippen MR) is 72.8 cm³/mol. The Labute approximate surface area is 112 Å². The summed E-state index contributed by atoms with van der Waals surface area (Å²) in [5.74, 6) is 1.59. The van der Waals surface area contributed by atoms with Crippen LogP contribution in [0.2, 0.25) is 0 Å².